The maximum Gasteiger partial charge on any atom is 0.0609 e. The Morgan fingerprint density at radius 1 is 1.38 bits per heavy atom. The zero-order valence-electron chi connectivity index (χ0n) is 10.7. The van der Waals surface area contributed by atoms with Gasteiger partial charge in [0.05, 0.1) is 12.7 Å². The summed E-state index contributed by atoms with van der Waals surface area (Å²) < 4.78 is 5.93. The van der Waals surface area contributed by atoms with E-state index in [-0.39, 0.29) is 6.61 Å². The van der Waals surface area contributed by atoms with Gasteiger partial charge in [-0.3, -0.25) is 0 Å². The molecular weight excluding hydrogens is 202 g/mol. The van der Waals surface area contributed by atoms with Gasteiger partial charge in [-0.2, -0.15) is 0 Å². The zero-order chi connectivity index (χ0) is 12.0. The Hall–Kier alpha value is -0.120. The number of rotatable bonds is 6. The fraction of sp³-hybridized carbons (Fsp3) is 1.00. The summed E-state index contributed by atoms with van der Waals surface area (Å²) in [6, 6.07) is 0. The van der Waals surface area contributed by atoms with Crippen LogP contribution in [0.2, 0.25) is 0 Å². The van der Waals surface area contributed by atoms with Crippen molar-refractivity contribution in [1.82, 2.24) is 0 Å². The Bertz CT molecular complexity index is 194. The van der Waals surface area contributed by atoms with E-state index in [0.29, 0.717) is 12.7 Å². The van der Waals surface area contributed by atoms with Gasteiger partial charge in [0, 0.05) is 12.1 Å². The molecule has 0 aromatic heterocycles. The minimum Gasteiger partial charge on any atom is -0.394 e. The van der Waals surface area contributed by atoms with Crippen LogP contribution in [0.25, 0.3) is 0 Å². The number of ether oxygens (including phenoxy) is 1. The lowest BCUT2D eigenvalue weighted by Crippen LogP contribution is -2.42. The summed E-state index contributed by atoms with van der Waals surface area (Å²) in [6.07, 6.45) is 7.51. The summed E-state index contributed by atoms with van der Waals surface area (Å²) in [4.78, 5) is 0. The predicted molar refractivity (Wildman–Crippen MR) is 66.3 cm³/mol. The summed E-state index contributed by atoms with van der Waals surface area (Å²) in [5.74, 6) is 0.729. The van der Waals surface area contributed by atoms with Crippen LogP contribution in [0.15, 0.2) is 0 Å². The number of hydrogen-bond acceptors (Lipinski definition) is 3. The van der Waals surface area contributed by atoms with Crippen molar-refractivity contribution in [3.8, 4) is 0 Å². The molecule has 0 heterocycles. The lowest BCUT2D eigenvalue weighted by atomic mass is 9.85. The van der Waals surface area contributed by atoms with E-state index in [1.807, 2.05) is 6.92 Å². The van der Waals surface area contributed by atoms with Crippen molar-refractivity contribution in [2.24, 2.45) is 11.7 Å². The molecule has 0 aromatic rings. The molecule has 3 atom stereocenters. The molecule has 1 aliphatic rings. The molecule has 1 aliphatic carbocycles. The molecule has 0 saturated heterocycles. The summed E-state index contributed by atoms with van der Waals surface area (Å²) in [6.45, 7) is 4.81. The number of aliphatic hydroxyl groups excluding tert-OH is 1. The van der Waals surface area contributed by atoms with E-state index in [9.17, 15) is 0 Å². The van der Waals surface area contributed by atoms with Gasteiger partial charge in [-0.1, -0.05) is 26.2 Å². The first-order valence-electron chi connectivity index (χ1n) is 6.60. The van der Waals surface area contributed by atoms with Gasteiger partial charge in [0.2, 0.25) is 0 Å². The van der Waals surface area contributed by atoms with Crippen molar-refractivity contribution in [3.63, 3.8) is 0 Å². The smallest absolute Gasteiger partial charge is 0.0609 e. The largest absolute Gasteiger partial charge is 0.394 e. The Labute approximate surface area is 99.4 Å². The molecule has 1 fully saturated rings. The van der Waals surface area contributed by atoms with Crippen LogP contribution in [0.5, 0.6) is 0 Å². The second-order valence-corrected chi connectivity index (χ2v) is 5.42. The van der Waals surface area contributed by atoms with Gasteiger partial charge in [0.15, 0.2) is 0 Å². The predicted octanol–water partition coefficient (Wildman–Crippen LogP) is 2.07. The summed E-state index contributed by atoms with van der Waals surface area (Å²) in [5.41, 5.74) is 5.38. The quantitative estimate of drug-likeness (QED) is 0.733. The minimum atomic E-state index is -0.490. The van der Waals surface area contributed by atoms with Crippen LogP contribution in [0.3, 0.4) is 0 Å². The van der Waals surface area contributed by atoms with Crippen LogP contribution in [-0.4, -0.2) is 30.0 Å². The van der Waals surface area contributed by atoms with E-state index >= 15 is 0 Å². The van der Waals surface area contributed by atoms with Crippen LogP contribution < -0.4 is 5.73 Å². The van der Waals surface area contributed by atoms with Gasteiger partial charge in [0.1, 0.15) is 0 Å². The number of aliphatic hydroxyl groups is 1. The molecule has 0 aliphatic heterocycles. The molecule has 3 nitrogen and oxygen atoms in total. The van der Waals surface area contributed by atoms with Crippen LogP contribution in [0.1, 0.15) is 52.4 Å². The molecule has 0 bridgehead atoms. The van der Waals surface area contributed by atoms with Crippen molar-refractivity contribution in [2.45, 2.75) is 64.0 Å². The van der Waals surface area contributed by atoms with Crippen molar-refractivity contribution in [1.29, 1.82) is 0 Å². The van der Waals surface area contributed by atoms with E-state index in [2.05, 4.69) is 6.92 Å². The molecule has 3 N–H and O–H groups in total. The standard InChI is InChI=1S/C13H27NO2/c1-3-11-6-4-5-7-12(11)16-9-8-13(2,14)10-15/h11-12,15H,3-10,14H2,1-2H3. The highest BCUT2D eigenvalue weighted by Gasteiger charge is 2.25. The Morgan fingerprint density at radius 2 is 2.06 bits per heavy atom. The SMILES string of the molecule is CCC1CCCCC1OCCC(C)(N)CO. The molecule has 16 heavy (non-hydrogen) atoms. The molecular formula is C13H27NO2. The lowest BCUT2D eigenvalue weighted by molar-refractivity contribution is -0.0206. The number of hydrogen-bond donors (Lipinski definition) is 2. The second kappa shape index (κ2) is 6.58. The van der Waals surface area contributed by atoms with E-state index in [4.69, 9.17) is 15.6 Å². The Morgan fingerprint density at radius 3 is 2.69 bits per heavy atom. The highest BCUT2D eigenvalue weighted by molar-refractivity contribution is 4.79. The normalized spacial score (nSPS) is 30.0. The average molecular weight is 229 g/mol. The molecule has 0 spiro atoms. The van der Waals surface area contributed by atoms with E-state index in [0.717, 1.165) is 12.3 Å². The highest BCUT2D eigenvalue weighted by Crippen LogP contribution is 2.29. The van der Waals surface area contributed by atoms with Crippen LogP contribution in [0, 0.1) is 5.92 Å². The highest BCUT2D eigenvalue weighted by atomic mass is 16.5. The molecule has 1 saturated carbocycles. The maximum absolute atomic E-state index is 9.05. The average Bonchev–Trinajstić information content (AvgIpc) is 2.29. The first-order valence-corrected chi connectivity index (χ1v) is 6.60. The van der Waals surface area contributed by atoms with Crippen molar-refractivity contribution in [2.75, 3.05) is 13.2 Å². The lowest BCUT2D eigenvalue weighted by Gasteiger charge is -2.32. The van der Waals surface area contributed by atoms with Crippen LogP contribution in [0.4, 0.5) is 0 Å². The third-order valence-corrected chi connectivity index (χ3v) is 3.73. The Balaban J connectivity index is 2.25. The first-order chi connectivity index (χ1) is 7.59. The van der Waals surface area contributed by atoms with Crippen LogP contribution in [-0.2, 0) is 4.74 Å². The third kappa shape index (κ3) is 4.40. The Kier molecular flexibility index (Phi) is 5.73. The molecule has 3 heteroatoms. The van der Waals surface area contributed by atoms with Gasteiger partial charge < -0.3 is 15.6 Å². The first kappa shape index (κ1) is 13.9. The maximum atomic E-state index is 9.05. The van der Waals surface area contributed by atoms with Gasteiger partial charge in [-0.25, -0.2) is 0 Å². The monoisotopic (exact) mass is 229 g/mol. The van der Waals surface area contributed by atoms with Gasteiger partial charge in [-0.15, -0.1) is 0 Å². The fourth-order valence-electron chi connectivity index (χ4n) is 2.38. The molecule has 3 unspecified atom stereocenters. The van der Waals surface area contributed by atoms with Crippen molar-refractivity contribution >= 4 is 0 Å². The topological polar surface area (TPSA) is 55.5 Å². The number of nitrogens with two attached hydrogens (primary N) is 1. The molecule has 0 amide bonds. The van der Waals surface area contributed by atoms with Gasteiger partial charge in [0.25, 0.3) is 0 Å². The zero-order valence-corrected chi connectivity index (χ0v) is 10.7. The molecule has 1 rings (SSSR count). The molecule has 0 radical (unpaired) electrons. The molecule has 96 valence electrons. The van der Waals surface area contributed by atoms with Crippen molar-refractivity contribution < 1.29 is 9.84 Å². The van der Waals surface area contributed by atoms with E-state index in [1.165, 1.54) is 32.1 Å². The van der Waals surface area contributed by atoms with Crippen molar-refractivity contribution in [3.05, 3.63) is 0 Å². The molecule has 0 aromatic carbocycles. The second-order valence-electron chi connectivity index (χ2n) is 5.42. The summed E-state index contributed by atoms with van der Waals surface area (Å²) in [5, 5.41) is 9.05. The minimum absolute atomic E-state index is 0.0260. The summed E-state index contributed by atoms with van der Waals surface area (Å²) in [7, 11) is 0. The fourth-order valence-corrected chi connectivity index (χ4v) is 2.38. The van der Waals surface area contributed by atoms with E-state index < -0.39 is 5.54 Å². The van der Waals surface area contributed by atoms with Gasteiger partial charge in [-0.05, 0) is 32.1 Å². The van der Waals surface area contributed by atoms with Gasteiger partial charge >= 0.3 is 0 Å². The summed E-state index contributed by atoms with van der Waals surface area (Å²) >= 11 is 0. The third-order valence-electron chi connectivity index (χ3n) is 3.73. The van der Waals surface area contributed by atoms with Crippen LogP contribution >= 0.6 is 0 Å². The van der Waals surface area contributed by atoms with E-state index in [1.54, 1.807) is 0 Å².